The van der Waals surface area contributed by atoms with Gasteiger partial charge in [-0.25, -0.2) is 4.98 Å². The second-order valence-corrected chi connectivity index (χ2v) is 7.79. The number of benzene rings is 2. The monoisotopic (exact) mass is 373 g/mol. The van der Waals surface area contributed by atoms with Gasteiger partial charge in [-0.05, 0) is 31.2 Å². The van der Waals surface area contributed by atoms with E-state index in [1.807, 2.05) is 24.3 Å². The lowest BCUT2D eigenvalue weighted by Gasteiger charge is -2.12. The van der Waals surface area contributed by atoms with Crippen molar-refractivity contribution in [3.05, 3.63) is 54.1 Å². The zero-order valence-electron chi connectivity index (χ0n) is 13.2. The molecule has 128 valence electrons. The highest BCUT2D eigenvalue weighted by atomic mass is 32.2. The van der Waals surface area contributed by atoms with E-state index in [4.69, 9.17) is 0 Å². The number of nitrogens with zero attached hydrogens (tertiary/aromatic N) is 1. The fraction of sp³-hybridized carbons (Fsp3) is 0.118. The summed E-state index contributed by atoms with van der Waals surface area (Å²) < 4.78 is 1.85. The molecule has 0 spiro atoms. The van der Waals surface area contributed by atoms with Crippen molar-refractivity contribution in [2.45, 2.75) is 16.5 Å². The maximum Gasteiger partial charge on any atom is 0.273 e. The van der Waals surface area contributed by atoms with E-state index in [9.17, 15) is 14.7 Å². The molecule has 2 aromatic carbocycles. The SMILES string of the molecule is C[C@H](Sc1nc2ccccc2s1)C(=O)NNC(=O)c1ccccc1O. The molecular formula is C17H15N3O3S2. The molecule has 0 unspecified atom stereocenters. The van der Waals surface area contributed by atoms with Gasteiger partial charge in [-0.3, -0.25) is 20.4 Å². The van der Waals surface area contributed by atoms with E-state index in [2.05, 4.69) is 15.8 Å². The van der Waals surface area contributed by atoms with E-state index >= 15 is 0 Å². The zero-order valence-corrected chi connectivity index (χ0v) is 14.9. The van der Waals surface area contributed by atoms with Crippen molar-refractivity contribution in [1.29, 1.82) is 0 Å². The van der Waals surface area contributed by atoms with Crippen LogP contribution in [0.1, 0.15) is 17.3 Å². The van der Waals surface area contributed by atoms with Crippen LogP contribution < -0.4 is 10.9 Å². The standard InChI is InChI=1S/C17H15N3O3S2/c1-10(24-17-18-12-7-3-5-9-14(12)25-17)15(22)19-20-16(23)11-6-2-4-8-13(11)21/h2-10,21H,1H3,(H,19,22)(H,20,23)/t10-/m0/s1. The first kappa shape index (κ1) is 17.2. The van der Waals surface area contributed by atoms with Crippen LogP contribution in [0.4, 0.5) is 0 Å². The summed E-state index contributed by atoms with van der Waals surface area (Å²) in [6.07, 6.45) is 0. The number of thiazole rings is 1. The topological polar surface area (TPSA) is 91.3 Å². The number of fused-ring (bicyclic) bond motifs is 1. The predicted molar refractivity (Wildman–Crippen MR) is 98.7 cm³/mol. The van der Waals surface area contributed by atoms with Crippen molar-refractivity contribution in [2.24, 2.45) is 0 Å². The Labute approximate surface area is 152 Å². The van der Waals surface area contributed by atoms with Crippen molar-refractivity contribution in [3.8, 4) is 5.75 Å². The Hall–Kier alpha value is -2.58. The van der Waals surface area contributed by atoms with E-state index in [-0.39, 0.29) is 17.2 Å². The van der Waals surface area contributed by atoms with Crippen molar-refractivity contribution in [3.63, 3.8) is 0 Å². The summed E-state index contributed by atoms with van der Waals surface area (Å²) in [4.78, 5) is 28.6. The van der Waals surface area contributed by atoms with Crippen LogP contribution in [0, 0.1) is 0 Å². The van der Waals surface area contributed by atoms with Gasteiger partial charge in [-0.15, -0.1) is 11.3 Å². The summed E-state index contributed by atoms with van der Waals surface area (Å²) in [6.45, 7) is 1.73. The number of carbonyl (C=O) groups excluding carboxylic acids is 2. The van der Waals surface area contributed by atoms with Crippen molar-refractivity contribution >= 4 is 45.1 Å². The first-order valence-corrected chi connectivity index (χ1v) is 9.14. The summed E-state index contributed by atoms with van der Waals surface area (Å²) in [5, 5.41) is 9.20. The molecule has 1 aromatic heterocycles. The lowest BCUT2D eigenvalue weighted by atomic mass is 10.2. The Balaban J connectivity index is 1.57. The van der Waals surface area contributed by atoms with Crippen LogP contribution in [-0.4, -0.2) is 27.2 Å². The third-order valence-electron chi connectivity index (χ3n) is 3.37. The van der Waals surface area contributed by atoms with E-state index in [1.165, 1.54) is 35.2 Å². The van der Waals surface area contributed by atoms with Gasteiger partial charge in [0.2, 0.25) is 0 Å². The second-order valence-electron chi connectivity index (χ2n) is 5.17. The minimum atomic E-state index is -0.580. The average molecular weight is 373 g/mol. The molecule has 0 saturated heterocycles. The maximum absolute atomic E-state index is 12.2. The summed E-state index contributed by atoms with van der Waals surface area (Å²) in [5.74, 6) is -1.08. The number of thioether (sulfide) groups is 1. The van der Waals surface area contributed by atoms with Crippen LogP contribution in [0.15, 0.2) is 52.9 Å². The van der Waals surface area contributed by atoms with Gasteiger partial charge in [-0.1, -0.05) is 36.0 Å². The highest BCUT2D eigenvalue weighted by molar-refractivity contribution is 8.02. The first-order chi connectivity index (χ1) is 12.0. The Kier molecular flexibility index (Phi) is 5.20. The summed E-state index contributed by atoms with van der Waals surface area (Å²) in [7, 11) is 0. The van der Waals surface area contributed by atoms with Gasteiger partial charge in [0.1, 0.15) is 5.75 Å². The molecule has 3 aromatic rings. The number of hydrogen-bond acceptors (Lipinski definition) is 6. The molecule has 0 fully saturated rings. The normalized spacial score (nSPS) is 11.9. The molecule has 0 radical (unpaired) electrons. The van der Waals surface area contributed by atoms with Crippen LogP contribution in [0.3, 0.4) is 0 Å². The number of carbonyl (C=O) groups is 2. The molecule has 0 aliphatic carbocycles. The molecule has 0 aliphatic heterocycles. The second kappa shape index (κ2) is 7.54. The fourth-order valence-electron chi connectivity index (χ4n) is 2.06. The van der Waals surface area contributed by atoms with E-state index in [0.29, 0.717) is 0 Å². The molecule has 0 aliphatic rings. The Morgan fingerprint density at radius 1 is 1.12 bits per heavy atom. The van der Waals surface area contributed by atoms with Gasteiger partial charge in [0, 0.05) is 0 Å². The molecule has 0 bridgehead atoms. The number of amides is 2. The number of phenols is 1. The molecule has 3 N–H and O–H groups in total. The van der Waals surface area contributed by atoms with Crippen molar-refractivity contribution in [1.82, 2.24) is 15.8 Å². The lowest BCUT2D eigenvalue weighted by molar-refractivity contribution is -0.121. The largest absolute Gasteiger partial charge is 0.507 e. The van der Waals surface area contributed by atoms with E-state index in [1.54, 1.807) is 19.1 Å². The van der Waals surface area contributed by atoms with E-state index in [0.717, 1.165) is 14.6 Å². The zero-order chi connectivity index (χ0) is 17.8. The fourth-order valence-corrected chi connectivity index (χ4v) is 4.27. The predicted octanol–water partition coefficient (Wildman–Crippen LogP) is 2.94. The first-order valence-electron chi connectivity index (χ1n) is 7.45. The smallest absolute Gasteiger partial charge is 0.273 e. The van der Waals surface area contributed by atoms with Crippen LogP contribution in [-0.2, 0) is 4.79 Å². The summed E-state index contributed by atoms with van der Waals surface area (Å²) >= 11 is 2.84. The number of phenolic OH excluding ortho intramolecular Hbond substituents is 1. The van der Waals surface area contributed by atoms with Crippen LogP contribution in [0.25, 0.3) is 10.2 Å². The number of nitrogens with one attached hydrogen (secondary N) is 2. The number of rotatable bonds is 4. The van der Waals surface area contributed by atoms with Crippen LogP contribution in [0.5, 0.6) is 5.75 Å². The van der Waals surface area contributed by atoms with Gasteiger partial charge >= 0.3 is 0 Å². The number of hydrazine groups is 1. The number of para-hydroxylation sites is 2. The van der Waals surface area contributed by atoms with Gasteiger partial charge in [0.15, 0.2) is 4.34 Å². The van der Waals surface area contributed by atoms with Gasteiger partial charge < -0.3 is 5.11 Å². The minimum absolute atomic E-state index is 0.0919. The maximum atomic E-state index is 12.2. The van der Waals surface area contributed by atoms with Crippen molar-refractivity contribution in [2.75, 3.05) is 0 Å². The molecule has 2 amide bonds. The molecular weight excluding hydrogens is 358 g/mol. The van der Waals surface area contributed by atoms with Crippen LogP contribution in [0.2, 0.25) is 0 Å². The molecule has 3 rings (SSSR count). The lowest BCUT2D eigenvalue weighted by Crippen LogP contribution is -2.44. The number of aromatic nitrogens is 1. The third-order valence-corrected chi connectivity index (χ3v) is 5.60. The summed E-state index contributed by atoms with van der Waals surface area (Å²) in [6, 6.07) is 13.9. The molecule has 0 saturated carbocycles. The third kappa shape index (κ3) is 4.09. The minimum Gasteiger partial charge on any atom is -0.507 e. The van der Waals surface area contributed by atoms with E-state index < -0.39 is 11.2 Å². The summed E-state index contributed by atoms with van der Waals surface area (Å²) in [5.41, 5.74) is 5.66. The molecule has 25 heavy (non-hydrogen) atoms. The molecule has 1 atom stereocenters. The molecule has 1 heterocycles. The molecule has 8 heteroatoms. The highest BCUT2D eigenvalue weighted by Crippen LogP contribution is 2.31. The van der Waals surface area contributed by atoms with Gasteiger partial charge in [-0.2, -0.15) is 0 Å². The Bertz CT molecular complexity index is 893. The Morgan fingerprint density at radius 2 is 1.84 bits per heavy atom. The van der Waals surface area contributed by atoms with Gasteiger partial charge in [0.25, 0.3) is 11.8 Å². The van der Waals surface area contributed by atoms with Gasteiger partial charge in [0.05, 0.1) is 21.0 Å². The Morgan fingerprint density at radius 3 is 2.60 bits per heavy atom. The van der Waals surface area contributed by atoms with Crippen molar-refractivity contribution < 1.29 is 14.7 Å². The quantitative estimate of drug-likeness (QED) is 0.483. The number of aromatic hydroxyl groups is 1. The highest BCUT2D eigenvalue weighted by Gasteiger charge is 2.18. The average Bonchev–Trinajstić information content (AvgIpc) is 3.01. The molecule has 6 nitrogen and oxygen atoms in total. The van der Waals surface area contributed by atoms with Crippen LogP contribution >= 0.6 is 23.1 Å². The number of hydrogen-bond donors (Lipinski definition) is 3.